The molecule has 0 radical (unpaired) electrons. The van der Waals surface area contributed by atoms with Crippen LogP contribution < -0.4 is 14.8 Å². The van der Waals surface area contributed by atoms with Gasteiger partial charge in [0, 0.05) is 17.6 Å². The maximum absolute atomic E-state index is 12.5. The van der Waals surface area contributed by atoms with Crippen molar-refractivity contribution in [3.8, 4) is 11.8 Å². The fourth-order valence-electron chi connectivity index (χ4n) is 2.13. The van der Waals surface area contributed by atoms with Crippen molar-refractivity contribution in [1.29, 1.82) is 5.26 Å². The largest absolute Gasteiger partial charge is 0.494 e. The first-order chi connectivity index (χ1) is 13.4. The van der Waals surface area contributed by atoms with Crippen molar-refractivity contribution in [3.05, 3.63) is 60.3 Å². The first-order valence-electron chi connectivity index (χ1n) is 8.20. The van der Waals surface area contributed by atoms with E-state index < -0.39 is 16.0 Å². The van der Waals surface area contributed by atoms with Crippen molar-refractivity contribution in [3.63, 3.8) is 0 Å². The lowest BCUT2D eigenvalue weighted by atomic mass is 10.3. The quantitative estimate of drug-likeness (QED) is 0.397. The number of benzene rings is 2. The van der Waals surface area contributed by atoms with E-state index in [1.165, 1.54) is 37.6 Å². The zero-order chi connectivity index (χ0) is 20.6. The zero-order valence-electron chi connectivity index (χ0n) is 15.3. The third-order valence-corrected chi connectivity index (χ3v) is 4.89. The predicted molar refractivity (Wildman–Crippen MR) is 104 cm³/mol. The molecule has 2 aromatic rings. The smallest absolute Gasteiger partial charge is 0.350 e. The highest BCUT2D eigenvalue weighted by atomic mass is 32.2. The van der Waals surface area contributed by atoms with E-state index in [-0.39, 0.29) is 10.5 Å². The van der Waals surface area contributed by atoms with E-state index in [4.69, 9.17) is 10.00 Å². The summed E-state index contributed by atoms with van der Waals surface area (Å²) < 4.78 is 37.2. The number of sulfonamides is 1. The number of esters is 1. The molecule has 0 unspecified atom stereocenters. The Hall–Kier alpha value is -3.51. The Bertz CT molecular complexity index is 991. The lowest BCUT2D eigenvalue weighted by Crippen LogP contribution is -2.12. The van der Waals surface area contributed by atoms with Crippen LogP contribution in [0, 0.1) is 11.3 Å². The van der Waals surface area contributed by atoms with E-state index in [1.54, 1.807) is 30.3 Å². The van der Waals surface area contributed by atoms with Crippen LogP contribution in [0.4, 0.5) is 11.4 Å². The van der Waals surface area contributed by atoms with Crippen molar-refractivity contribution in [2.24, 2.45) is 0 Å². The lowest BCUT2D eigenvalue weighted by molar-refractivity contribution is -0.135. The summed E-state index contributed by atoms with van der Waals surface area (Å²) in [6.45, 7) is 2.39. The molecular weight excluding hydrogens is 382 g/mol. The SMILES string of the molecule is CCOc1ccc(NS(=O)(=O)c2ccc(N/C=C(\C#N)C(=O)OC)cc2)cc1. The highest BCUT2D eigenvalue weighted by Crippen LogP contribution is 2.21. The minimum absolute atomic E-state index is 0.0596. The van der Waals surface area contributed by atoms with Crippen molar-refractivity contribution in [2.45, 2.75) is 11.8 Å². The van der Waals surface area contributed by atoms with Crippen LogP contribution >= 0.6 is 0 Å². The van der Waals surface area contributed by atoms with Crippen LogP contribution in [0.3, 0.4) is 0 Å². The summed E-state index contributed by atoms with van der Waals surface area (Å²) in [5.74, 6) is -0.119. The monoisotopic (exact) mass is 401 g/mol. The molecule has 9 heteroatoms. The predicted octanol–water partition coefficient (Wildman–Crippen LogP) is 2.88. The highest BCUT2D eigenvalue weighted by molar-refractivity contribution is 7.92. The van der Waals surface area contributed by atoms with Crippen LogP contribution in [0.1, 0.15) is 6.92 Å². The number of nitrogens with one attached hydrogen (secondary N) is 2. The number of ether oxygens (including phenoxy) is 2. The maximum atomic E-state index is 12.5. The number of hydrogen-bond acceptors (Lipinski definition) is 7. The van der Waals surface area contributed by atoms with Crippen molar-refractivity contribution in [2.75, 3.05) is 23.8 Å². The first kappa shape index (κ1) is 20.8. The van der Waals surface area contributed by atoms with Crippen LogP contribution in [0.25, 0.3) is 0 Å². The number of anilines is 2. The Morgan fingerprint density at radius 3 is 2.25 bits per heavy atom. The van der Waals surface area contributed by atoms with E-state index in [1.807, 2.05) is 6.92 Å². The molecule has 0 fully saturated rings. The fourth-order valence-corrected chi connectivity index (χ4v) is 3.19. The Kier molecular flexibility index (Phi) is 7.01. The first-order valence-corrected chi connectivity index (χ1v) is 9.68. The summed E-state index contributed by atoms with van der Waals surface area (Å²) in [4.78, 5) is 11.4. The number of hydrogen-bond donors (Lipinski definition) is 2. The molecule has 0 aliphatic rings. The van der Waals surface area contributed by atoms with Gasteiger partial charge in [-0.15, -0.1) is 0 Å². The van der Waals surface area contributed by atoms with Gasteiger partial charge in [-0.1, -0.05) is 0 Å². The topological polar surface area (TPSA) is 118 Å². The molecule has 0 heterocycles. The second-order valence-electron chi connectivity index (χ2n) is 5.39. The average Bonchev–Trinajstić information content (AvgIpc) is 2.70. The molecule has 2 N–H and O–H groups in total. The molecule has 0 aliphatic heterocycles. The number of nitrogens with zero attached hydrogens (tertiary/aromatic N) is 1. The molecule has 0 saturated heterocycles. The number of carbonyl (C=O) groups is 1. The van der Waals surface area contributed by atoms with Gasteiger partial charge in [-0.05, 0) is 55.5 Å². The van der Waals surface area contributed by atoms with Gasteiger partial charge in [0.1, 0.15) is 11.8 Å². The highest BCUT2D eigenvalue weighted by Gasteiger charge is 2.14. The molecule has 146 valence electrons. The molecule has 2 aromatic carbocycles. The summed E-state index contributed by atoms with van der Waals surface area (Å²) in [6.07, 6.45) is 1.19. The maximum Gasteiger partial charge on any atom is 0.350 e. The Balaban J connectivity index is 2.10. The molecule has 28 heavy (non-hydrogen) atoms. The Labute approximate surface area is 163 Å². The molecule has 0 spiro atoms. The second-order valence-corrected chi connectivity index (χ2v) is 7.08. The molecule has 8 nitrogen and oxygen atoms in total. The molecule has 0 bridgehead atoms. The minimum atomic E-state index is -3.77. The summed E-state index contributed by atoms with van der Waals surface area (Å²) >= 11 is 0. The number of carbonyl (C=O) groups excluding carboxylic acids is 1. The van der Waals surface area contributed by atoms with E-state index in [9.17, 15) is 13.2 Å². The van der Waals surface area contributed by atoms with Crippen molar-refractivity contribution < 1.29 is 22.7 Å². The van der Waals surface area contributed by atoms with Gasteiger partial charge in [-0.2, -0.15) is 5.26 Å². The molecule has 0 aliphatic carbocycles. The summed E-state index contributed by atoms with van der Waals surface area (Å²) in [5, 5.41) is 11.6. The van der Waals surface area contributed by atoms with Gasteiger partial charge in [-0.3, -0.25) is 4.72 Å². The standard InChI is InChI=1S/C19H19N3O5S/c1-3-27-17-8-4-16(5-9-17)22-28(24,25)18-10-6-15(7-11-18)21-13-14(12-20)19(23)26-2/h4-11,13,21-22H,3H2,1-2H3/b14-13+. The van der Waals surface area contributed by atoms with Gasteiger partial charge >= 0.3 is 5.97 Å². The van der Waals surface area contributed by atoms with E-state index in [2.05, 4.69) is 14.8 Å². The van der Waals surface area contributed by atoms with Crippen LogP contribution in [-0.2, 0) is 19.6 Å². The second kappa shape index (κ2) is 9.43. The zero-order valence-corrected chi connectivity index (χ0v) is 16.1. The Morgan fingerprint density at radius 1 is 1.11 bits per heavy atom. The van der Waals surface area contributed by atoms with Gasteiger partial charge in [0.15, 0.2) is 5.57 Å². The van der Waals surface area contributed by atoms with Crippen LogP contribution in [0.5, 0.6) is 5.75 Å². The fraction of sp³-hybridized carbons (Fsp3) is 0.158. The molecule has 2 rings (SSSR count). The number of nitriles is 1. The van der Waals surface area contributed by atoms with Crippen LogP contribution in [-0.4, -0.2) is 28.1 Å². The van der Waals surface area contributed by atoms with E-state index in [0.717, 1.165) is 0 Å². The minimum Gasteiger partial charge on any atom is -0.494 e. The normalized spacial score (nSPS) is 11.2. The molecule has 0 amide bonds. The number of rotatable bonds is 8. The van der Waals surface area contributed by atoms with E-state index >= 15 is 0 Å². The third kappa shape index (κ3) is 5.49. The molecule has 0 saturated carbocycles. The Morgan fingerprint density at radius 2 is 1.71 bits per heavy atom. The third-order valence-electron chi connectivity index (χ3n) is 3.49. The summed E-state index contributed by atoms with van der Waals surface area (Å²) in [7, 11) is -2.60. The summed E-state index contributed by atoms with van der Waals surface area (Å²) in [5.41, 5.74) is 0.693. The van der Waals surface area contributed by atoms with Crippen LogP contribution in [0.15, 0.2) is 65.2 Å². The molecule has 0 atom stereocenters. The molecular formula is C19H19N3O5S. The lowest BCUT2D eigenvalue weighted by Gasteiger charge is -2.10. The van der Waals surface area contributed by atoms with Gasteiger partial charge in [-0.25, -0.2) is 13.2 Å². The van der Waals surface area contributed by atoms with Gasteiger partial charge in [0.25, 0.3) is 10.0 Å². The van der Waals surface area contributed by atoms with Gasteiger partial charge < -0.3 is 14.8 Å². The number of methoxy groups -OCH3 is 1. The van der Waals surface area contributed by atoms with Gasteiger partial charge in [0.05, 0.1) is 18.6 Å². The van der Waals surface area contributed by atoms with Crippen LogP contribution in [0.2, 0.25) is 0 Å². The summed E-state index contributed by atoms with van der Waals surface area (Å²) in [6, 6.07) is 14.1. The van der Waals surface area contributed by atoms with E-state index in [0.29, 0.717) is 23.7 Å². The molecule has 0 aromatic heterocycles. The van der Waals surface area contributed by atoms with Gasteiger partial charge in [0.2, 0.25) is 0 Å². The van der Waals surface area contributed by atoms with Crippen molar-refractivity contribution in [1.82, 2.24) is 0 Å². The van der Waals surface area contributed by atoms with Crippen molar-refractivity contribution >= 4 is 27.4 Å². The average molecular weight is 401 g/mol.